The molecule has 5 unspecified atom stereocenters. The normalized spacial score (nSPS) is 35.5. The zero-order valence-corrected chi connectivity index (χ0v) is 44.9. The molecule has 12 atom stereocenters. The van der Waals surface area contributed by atoms with E-state index in [4.69, 9.17) is 18.9 Å². The number of hydrogen-bond donors (Lipinski definition) is 6. The molecule has 2 amide bonds. The predicted octanol–water partition coefficient (Wildman–Crippen LogP) is 4.65. The number of amides is 2. The zero-order valence-electron chi connectivity index (χ0n) is 44.9. The molecule has 2 aromatic carbocycles. The minimum atomic E-state index is -2.41. The lowest BCUT2D eigenvalue weighted by atomic mass is 9.47. The summed E-state index contributed by atoms with van der Waals surface area (Å²) in [6.45, 7) is 15.9. The summed E-state index contributed by atoms with van der Waals surface area (Å²) in [6.07, 6.45) is 6.62. The highest BCUT2D eigenvalue weighted by atomic mass is 16.6. The Morgan fingerprint density at radius 1 is 1.03 bits per heavy atom. The number of methoxy groups -OCH3 is 2. The van der Waals surface area contributed by atoms with Crippen LogP contribution >= 0.6 is 0 Å². The van der Waals surface area contributed by atoms with Gasteiger partial charge in [-0.05, 0) is 109 Å². The number of ether oxygens (including phenoxy) is 4. The molecule has 7 heterocycles. The first-order chi connectivity index (χ1) is 35.0. The number of aromatic amines is 1. The lowest BCUT2D eigenvalue weighted by Gasteiger charge is -2.63. The number of nitrogens with one attached hydrogen (secondary N) is 2. The van der Waals surface area contributed by atoms with Crippen LogP contribution in [0, 0.1) is 11.3 Å². The van der Waals surface area contributed by atoms with Gasteiger partial charge in [-0.25, -0.2) is 4.79 Å². The number of carbonyl (C=O) groups excluding carboxylic acids is 3. The zero-order chi connectivity index (χ0) is 53.1. The third-order valence-electron chi connectivity index (χ3n) is 18.4. The second-order valence-corrected chi connectivity index (χ2v) is 23.9. The molecule has 6 N–H and O–H groups in total. The van der Waals surface area contributed by atoms with E-state index in [9.17, 15) is 25.2 Å². The topological polar surface area (TPSA) is 210 Å². The lowest BCUT2D eigenvalue weighted by molar-refractivity contribution is -0.203. The largest absolute Gasteiger partial charge is 0.496 e. The maximum atomic E-state index is 15.5. The summed E-state index contributed by atoms with van der Waals surface area (Å²) in [5.74, 6) is -0.947. The number of nitrogens with zero attached hydrogens (tertiary/aromatic N) is 4. The van der Waals surface area contributed by atoms with Gasteiger partial charge in [0, 0.05) is 90.6 Å². The Labute approximate surface area is 434 Å². The molecule has 10 rings (SSSR count). The van der Waals surface area contributed by atoms with Crippen LogP contribution in [0.2, 0.25) is 0 Å². The van der Waals surface area contributed by atoms with Crippen molar-refractivity contribution in [1.29, 1.82) is 0 Å². The van der Waals surface area contributed by atoms with E-state index in [1.807, 2.05) is 62.2 Å². The monoisotopic (exact) mass is 1020 g/mol. The van der Waals surface area contributed by atoms with Crippen molar-refractivity contribution in [3.05, 3.63) is 83.1 Å². The van der Waals surface area contributed by atoms with Gasteiger partial charge in [0.2, 0.25) is 0 Å². The number of H-pyrrole nitrogens is 1. The van der Waals surface area contributed by atoms with Crippen molar-refractivity contribution in [1.82, 2.24) is 25.0 Å². The Hall–Kier alpha value is -5.01. The molecule has 1 saturated carbocycles. The number of para-hydroxylation sites is 1. The summed E-state index contributed by atoms with van der Waals surface area (Å²) in [5, 5.41) is 54.2. The minimum Gasteiger partial charge on any atom is -0.496 e. The van der Waals surface area contributed by atoms with E-state index < -0.39 is 81.0 Å². The van der Waals surface area contributed by atoms with E-state index in [0.717, 1.165) is 27.7 Å². The van der Waals surface area contributed by atoms with Crippen molar-refractivity contribution in [3.8, 4) is 5.75 Å². The number of anilines is 1. The van der Waals surface area contributed by atoms with Crippen LogP contribution in [0.25, 0.3) is 10.9 Å². The van der Waals surface area contributed by atoms with Gasteiger partial charge < -0.3 is 54.6 Å². The van der Waals surface area contributed by atoms with Crippen LogP contribution in [0.5, 0.6) is 5.75 Å². The number of aromatic nitrogens is 1. The Bertz CT molecular complexity index is 2770. The molecule has 4 fully saturated rings. The number of carbonyl (C=O) groups is 3. The number of benzene rings is 2. The summed E-state index contributed by atoms with van der Waals surface area (Å²) in [5.41, 5.74) is -3.98. The van der Waals surface area contributed by atoms with Crippen molar-refractivity contribution in [3.63, 3.8) is 0 Å². The number of piperidine rings is 1. The second-order valence-electron chi connectivity index (χ2n) is 23.9. The highest BCUT2D eigenvalue weighted by Gasteiger charge is 2.78. The summed E-state index contributed by atoms with van der Waals surface area (Å²) < 4.78 is 24.0. The lowest BCUT2D eigenvalue weighted by Crippen LogP contribution is -2.81. The average molecular weight is 1020 g/mol. The standard InChI is InChI=1S/C57H78N6O11/c1-11-53(69)29-34-30-56(49(67)72-10,44-36(20-25-61(31-34)33-53)35-17-13-14-18-39(35)59-44)38-27-37-40(28-43(38)71-9)60(8)46-55(37)22-26-62-24-16-21-54(12-2,45(55)62)47(65)57(46,70)48(66)58-23-15-19-42(64)41-32-73-52(6,7)63(41)50(68)74-51(3,4)5/h13-19,21,27-28,34,41-42,45-47,59,64-65,69-70H,11-12,20,22-26,29-33H2,1-10H3,(H,58,66)/b19-15+/t34?,41-,42-,45+,46?,47-,53+,54-,55?,56+,57?/m1/s1. The van der Waals surface area contributed by atoms with E-state index in [1.54, 1.807) is 47.8 Å². The SMILES string of the molecule is CC[C@]1(O)CC2CN(CCc3c([nH]c4ccccc34)[C@@](C(=O)OC)(c3cc4c(cc3OC)N(C)C3C(O)(C(=O)NC/C=C/[C@@H](O)[C@H]5COC(C)(C)N5C(=O)OC(C)(C)C)[C@H](O)[C@]5(CC)C=CCN6CCC43[C@@H]65)C2)C1. The van der Waals surface area contributed by atoms with Gasteiger partial charge in [0.05, 0.1) is 44.6 Å². The summed E-state index contributed by atoms with van der Waals surface area (Å²) >= 11 is 0. The molecule has 17 nitrogen and oxygen atoms in total. The number of likely N-dealkylation sites (N-methyl/N-ethyl adjacent to an activating group) is 1. The van der Waals surface area contributed by atoms with E-state index in [1.165, 1.54) is 18.1 Å². The summed E-state index contributed by atoms with van der Waals surface area (Å²) in [7, 11) is 4.87. The van der Waals surface area contributed by atoms with E-state index in [-0.39, 0.29) is 25.1 Å². The van der Waals surface area contributed by atoms with Gasteiger partial charge in [-0.15, -0.1) is 0 Å². The molecule has 74 heavy (non-hydrogen) atoms. The first kappa shape index (κ1) is 52.4. The van der Waals surface area contributed by atoms with Crippen molar-refractivity contribution < 1.29 is 53.8 Å². The van der Waals surface area contributed by atoms with Gasteiger partial charge in [-0.2, -0.15) is 0 Å². The number of esters is 1. The molecule has 6 aliphatic heterocycles. The molecule has 3 aromatic rings. The first-order valence-electron chi connectivity index (χ1n) is 26.7. The van der Waals surface area contributed by atoms with Crippen molar-refractivity contribution >= 4 is 34.6 Å². The fourth-order valence-electron chi connectivity index (χ4n) is 15.4. The van der Waals surface area contributed by atoms with E-state index >= 15 is 9.59 Å². The van der Waals surface area contributed by atoms with Gasteiger partial charge >= 0.3 is 12.1 Å². The Morgan fingerprint density at radius 3 is 2.49 bits per heavy atom. The Morgan fingerprint density at radius 2 is 1.78 bits per heavy atom. The first-order valence-corrected chi connectivity index (χ1v) is 26.7. The number of hydrogen-bond acceptors (Lipinski definition) is 14. The highest BCUT2D eigenvalue weighted by molar-refractivity contribution is 5.95. The van der Waals surface area contributed by atoms with Gasteiger partial charge in [0.15, 0.2) is 5.60 Å². The molecule has 2 bridgehead atoms. The van der Waals surface area contributed by atoms with Crippen LogP contribution in [0.1, 0.15) is 103 Å². The second kappa shape index (κ2) is 18.3. The summed E-state index contributed by atoms with van der Waals surface area (Å²) in [6, 6.07) is 9.99. The molecule has 7 aliphatic rings. The van der Waals surface area contributed by atoms with Crippen molar-refractivity contribution in [2.24, 2.45) is 11.3 Å². The van der Waals surface area contributed by atoms with Crippen LogP contribution in [0.4, 0.5) is 10.5 Å². The molecule has 17 heteroatoms. The van der Waals surface area contributed by atoms with E-state index in [0.29, 0.717) is 88.2 Å². The number of aliphatic hydroxyl groups excluding tert-OH is 2. The van der Waals surface area contributed by atoms with Crippen LogP contribution in [0.15, 0.2) is 60.7 Å². The average Bonchev–Trinajstić information content (AvgIpc) is 4.11. The third kappa shape index (κ3) is 7.67. The van der Waals surface area contributed by atoms with Crippen LogP contribution < -0.4 is 15.0 Å². The number of fused-ring (bicyclic) bond motifs is 6. The molecular weight excluding hydrogens is 945 g/mol. The number of rotatable bonds is 10. The molecule has 1 spiro atoms. The fraction of sp³-hybridized carbons (Fsp3) is 0.632. The van der Waals surface area contributed by atoms with Gasteiger partial charge in [0.25, 0.3) is 5.91 Å². The molecule has 3 saturated heterocycles. The minimum absolute atomic E-state index is 0.0507. The van der Waals surface area contributed by atoms with Crippen LogP contribution in [-0.2, 0) is 41.1 Å². The third-order valence-corrected chi connectivity index (χ3v) is 18.4. The molecule has 402 valence electrons. The molecular formula is C57H78N6O11. The maximum Gasteiger partial charge on any atom is 0.413 e. The smallest absolute Gasteiger partial charge is 0.413 e. The molecule has 1 aliphatic carbocycles. The number of aliphatic hydroxyl groups is 4. The van der Waals surface area contributed by atoms with Crippen LogP contribution in [0.3, 0.4) is 0 Å². The maximum absolute atomic E-state index is 15.5. The van der Waals surface area contributed by atoms with Crippen LogP contribution in [-0.4, -0.2) is 178 Å². The molecule has 0 radical (unpaired) electrons. The summed E-state index contributed by atoms with van der Waals surface area (Å²) in [4.78, 5) is 56.0. The van der Waals surface area contributed by atoms with Crippen molar-refractivity contribution in [2.45, 2.75) is 151 Å². The Balaban J connectivity index is 1.09. The fourth-order valence-corrected chi connectivity index (χ4v) is 15.4. The van der Waals surface area contributed by atoms with Crippen molar-refractivity contribution in [2.75, 3.05) is 72.0 Å². The van der Waals surface area contributed by atoms with Gasteiger partial charge in [-0.1, -0.05) is 56.4 Å². The van der Waals surface area contributed by atoms with E-state index in [2.05, 4.69) is 32.2 Å². The molecule has 1 aromatic heterocycles. The Kier molecular flexibility index (Phi) is 13.0. The van der Waals surface area contributed by atoms with Gasteiger partial charge in [-0.3, -0.25) is 24.3 Å². The quantitative estimate of drug-likeness (QED) is 0.121. The predicted molar refractivity (Wildman–Crippen MR) is 279 cm³/mol. The van der Waals surface area contributed by atoms with Gasteiger partial charge in [0.1, 0.15) is 28.6 Å². The highest BCUT2D eigenvalue weighted by Crippen LogP contribution is 2.67.